The topological polar surface area (TPSA) is 35.5 Å². The fourth-order valence-electron chi connectivity index (χ4n) is 2.66. The number of esters is 1. The fraction of sp³-hybridized carbons (Fsp3) is 0.786. The molecule has 2 rings (SSSR count). The second-order valence-electron chi connectivity index (χ2n) is 5.15. The van der Waals surface area contributed by atoms with Crippen molar-refractivity contribution in [3.63, 3.8) is 0 Å². The Kier molecular flexibility index (Phi) is 4.21. The average molecular weight is 238 g/mol. The zero-order chi connectivity index (χ0) is 12.3. The highest BCUT2D eigenvalue weighted by molar-refractivity contribution is 5.69. The van der Waals surface area contributed by atoms with Crippen molar-refractivity contribution in [2.24, 2.45) is 11.8 Å². The molecule has 0 saturated carbocycles. The third-order valence-corrected chi connectivity index (χ3v) is 3.71. The average Bonchev–Trinajstić information content (AvgIpc) is 2.71. The summed E-state index contributed by atoms with van der Waals surface area (Å²) in [6.45, 7) is 4.83. The summed E-state index contributed by atoms with van der Waals surface area (Å²) in [6.07, 6.45) is 8.06. The van der Waals surface area contributed by atoms with Gasteiger partial charge in [0.1, 0.15) is 6.10 Å². The Morgan fingerprint density at radius 1 is 1.53 bits per heavy atom. The molecule has 1 unspecified atom stereocenters. The summed E-state index contributed by atoms with van der Waals surface area (Å²) in [7, 11) is 0. The number of rotatable bonds is 4. The first kappa shape index (κ1) is 12.6. The number of carbonyl (C=O) groups excluding carboxylic acids is 1. The molecule has 1 aliphatic carbocycles. The van der Waals surface area contributed by atoms with E-state index >= 15 is 0 Å². The summed E-state index contributed by atoms with van der Waals surface area (Å²) in [6, 6.07) is 0. The van der Waals surface area contributed by atoms with E-state index in [2.05, 4.69) is 26.0 Å². The Balaban J connectivity index is 1.88. The minimum atomic E-state index is -0.0762. The van der Waals surface area contributed by atoms with Crippen LogP contribution < -0.4 is 0 Å². The minimum absolute atomic E-state index is 0.0663. The third-order valence-electron chi connectivity index (χ3n) is 3.71. The smallest absolute Gasteiger partial charge is 0.306 e. The summed E-state index contributed by atoms with van der Waals surface area (Å²) >= 11 is 0. The first-order valence-electron chi connectivity index (χ1n) is 6.70. The highest BCUT2D eigenvalue weighted by Gasteiger charge is 2.41. The Labute approximate surface area is 103 Å². The molecule has 3 heteroatoms. The van der Waals surface area contributed by atoms with Gasteiger partial charge in [-0.2, -0.15) is 0 Å². The monoisotopic (exact) mass is 238 g/mol. The van der Waals surface area contributed by atoms with Crippen molar-refractivity contribution in [3.05, 3.63) is 12.2 Å². The van der Waals surface area contributed by atoms with Crippen LogP contribution in [0.15, 0.2) is 12.2 Å². The predicted octanol–water partition coefficient (Wildman–Crippen LogP) is 2.70. The molecular formula is C14H22O3. The van der Waals surface area contributed by atoms with Crippen LogP contribution in [0.3, 0.4) is 0 Å². The summed E-state index contributed by atoms with van der Waals surface area (Å²) < 4.78 is 11.3. The third kappa shape index (κ3) is 2.89. The van der Waals surface area contributed by atoms with Crippen LogP contribution in [0, 0.1) is 11.8 Å². The molecule has 0 bridgehead atoms. The largest absolute Gasteiger partial charge is 0.459 e. The molecular weight excluding hydrogens is 216 g/mol. The summed E-state index contributed by atoms with van der Waals surface area (Å²) in [5.41, 5.74) is 0. The van der Waals surface area contributed by atoms with Crippen molar-refractivity contribution >= 4 is 5.97 Å². The number of allylic oxidation sites excluding steroid dienone is 1. The van der Waals surface area contributed by atoms with Gasteiger partial charge in [0.2, 0.25) is 0 Å². The van der Waals surface area contributed by atoms with E-state index in [0.29, 0.717) is 18.9 Å². The molecule has 3 nitrogen and oxygen atoms in total. The van der Waals surface area contributed by atoms with E-state index in [9.17, 15) is 4.79 Å². The van der Waals surface area contributed by atoms with Crippen LogP contribution in [0.2, 0.25) is 0 Å². The first-order chi connectivity index (χ1) is 8.22. The molecule has 0 aromatic heterocycles. The summed E-state index contributed by atoms with van der Waals surface area (Å²) in [5.74, 6) is 0.724. The zero-order valence-electron chi connectivity index (χ0n) is 10.7. The standard InChI is InChI=1S/C14H22O3/c1-3-4-8-13(15)17-12-9-16-14-10(2)6-5-7-11(12)14/h5,7,10-12,14H,3-4,6,8-9H2,1-2H3/t10-,11?,12+,14-/m1/s1. The van der Waals surface area contributed by atoms with Crippen LogP contribution in [0.5, 0.6) is 0 Å². The second kappa shape index (κ2) is 5.67. The van der Waals surface area contributed by atoms with E-state index in [1.54, 1.807) is 0 Å². The molecule has 1 fully saturated rings. The Morgan fingerprint density at radius 2 is 2.35 bits per heavy atom. The number of hydrogen-bond acceptors (Lipinski definition) is 3. The lowest BCUT2D eigenvalue weighted by Crippen LogP contribution is -2.32. The van der Waals surface area contributed by atoms with Gasteiger partial charge in [0.25, 0.3) is 0 Å². The number of ether oxygens (including phenoxy) is 2. The molecule has 4 atom stereocenters. The molecule has 2 aliphatic rings. The van der Waals surface area contributed by atoms with Crippen molar-refractivity contribution in [2.75, 3.05) is 6.61 Å². The van der Waals surface area contributed by atoms with Crippen molar-refractivity contribution in [1.82, 2.24) is 0 Å². The van der Waals surface area contributed by atoms with Gasteiger partial charge < -0.3 is 9.47 Å². The summed E-state index contributed by atoms with van der Waals surface area (Å²) in [4.78, 5) is 11.6. The van der Waals surface area contributed by atoms with Gasteiger partial charge in [-0.3, -0.25) is 4.79 Å². The molecule has 0 spiro atoms. The van der Waals surface area contributed by atoms with Gasteiger partial charge in [-0.05, 0) is 18.8 Å². The van der Waals surface area contributed by atoms with E-state index in [-0.39, 0.29) is 24.1 Å². The quantitative estimate of drug-likeness (QED) is 0.558. The van der Waals surface area contributed by atoms with Crippen molar-refractivity contribution in [1.29, 1.82) is 0 Å². The van der Waals surface area contributed by atoms with E-state index < -0.39 is 0 Å². The van der Waals surface area contributed by atoms with Crippen molar-refractivity contribution in [3.8, 4) is 0 Å². The summed E-state index contributed by atoms with van der Waals surface area (Å²) in [5, 5.41) is 0. The van der Waals surface area contributed by atoms with Gasteiger partial charge in [0, 0.05) is 12.3 Å². The maximum Gasteiger partial charge on any atom is 0.306 e. The highest BCUT2D eigenvalue weighted by atomic mass is 16.6. The van der Waals surface area contributed by atoms with Crippen molar-refractivity contribution < 1.29 is 14.3 Å². The van der Waals surface area contributed by atoms with Gasteiger partial charge in [-0.1, -0.05) is 32.4 Å². The number of unbranched alkanes of at least 4 members (excludes halogenated alkanes) is 1. The Hall–Kier alpha value is -0.830. The molecule has 1 aliphatic heterocycles. The lowest BCUT2D eigenvalue weighted by Gasteiger charge is -2.27. The number of carbonyl (C=O) groups is 1. The van der Waals surface area contributed by atoms with E-state index in [4.69, 9.17) is 9.47 Å². The molecule has 1 heterocycles. The van der Waals surface area contributed by atoms with E-state index in [1.165, 1.54) is 0 Å². The minimum Gasteiger partial charge on any atom is -0.459 e. The molecule has 0 N–H and O–H groups in total. The molecule has 1 saturated heterocycles. The zero-order valence-corrected chi connectivity index (χ0v) is 10.7. The van der Waals surface area contributed by atoms with Crippen LogP contribution in [0.25, 0.3) is 0 Å². The Bertz CT molecular complexity index is 298. The number of fused-ring (bicyclic) bond motifs is 1. The Morgan fingerprint density at radius 3 is 3.12 bits per heavy atom. The van der Waals surface area contributed by atoms with Crippen molar-refractivity contribution in [2.45, 2.75) is 51.7 Å². The van der Waals surface area contributed by atoms with E-state index in [0.717, 1.165) is 19.3 Å². The van der Waals surface area contributed by atoms with Crippen LogP contribution in [0.1, 0.15) is 39.5 Å². The van der Waals surface area contributed by atoms with Crippen LogP contribution in [0.4, 0.5) is 0 Å². The molecule has 0 aromatic carbocycles. The second-order valence-corrected chi connectivity index (χ2v) is 5.15. The highest BCUT2D eigenvalue weighted by Crippen LogP contribution is 2.35. The maximum absolute atomic E-state index is 11.6. The van der Waals surface area contributed by atoms with Gasteiger partial charge in [-0.15, -0.1) is 0 Å². The first-order valence-corrected chi connectivity index (χ1v) is 6.70. The molecule has 96 valence electrons. The van der Waals surface area contributed by atoms with Crippen LogP contribution in [-0.2, 0) is 14.3 Å². The normalized spacial score (nSPS) is 35.6. The fourth-order valence-corrected chi connectivity index (χ4v) is 2.66. The van der Waals surface area contributed by atoms with Gasteiger partial charge >= 0.3 is 5.97 Å². The van der Waals surface area contributed by atoms with Crippen LogP contribution >= 0.6 is 0 Å². The SMILES string of the molecule is CCCCC(=O)O[C@H]1CO[C@H]2C1C=CC[C@H]2C. The lowest BCUT2D eigenvalue weighted by atomic mass is 9.83. The predicted molar refractivity (Wildman–Crippen MR) is 65.6 cm³/mol. The molecule has 0 radical (unpaired) electrons. The maximum atomic E-state index is 11.6. The van der Waals surface area contributed by atoms with Crippen LogP contribution in [-0.4, -0.2) is 24.8 Å². The van der Waals surface area contributed by atoms with Gasteiger partial charge in [-0.25, -0.2) is 0 Å². The van der Waals surface area contributed by atoms with Gasteiger partial charge in [0.05, 0.1) is 12.7 Å². The molecule has 17 heavy (non-hydrogen) atoms. The van der Waals surface area contributed by atoms with E-state index in [1.807, 2.05) is 0 Å². The van der Waals surface area contributed by atoms with Gasteiger partial charge in [0.15, 0.2) is 0 Å². The molecule has 0 aromatic rings. The molecule has 0 amide bonds. The lowest BCUT2D eigenvalue weighted by molar-refractivity contribution is -0.150. The number of hydrogen-bond donors (Lipinski definition) is 0.